The molecule has 3 rings (SSSR count). The normalized spacial score (nSPS) is 13.4. The Morgan fingerprint density at radius 3 is 2.74 bits per heavy atom. The molecule has 146 valence electrons. The summed E-state index contributed by atoms with van der Waals surface area (Å²) in [6.07, 6.45) is 2.70. The Labute approximate surface area is 161 Å². The van der Waals surface area contributed by atoms with Crippen LogP contribution >= 0.6 is 11.8 Å². The summed E-state index contributed by atoms with van der Waals surface area (Å²) in [5.74, 6) is 1.61. The fourth-order valence-electron chi connectivity index (χ4n) is 2.74. The highest BCUT2D eigenvalue weighted by atomic mass is 32.2. The average molecular weight is 392 g/mol. The number of hydrogen-bond acceptors (Lipinski definition) is 6. The number of rotatable bonds is 9. The second-order valence-electron chi connectivity index (χ2n) is 6.46. The van der Waals surface area contributed by atoms with Crippen molar-refractivity contribution in [1.29, 1.82) is 0 Å². The van der Waals surface area contributed by atoms with E-state index in [1.165, 1.54) is 11.8 Å². The van der Waals surface area contributed by atoms with Crippen LogP contribution in [0.1, 0.15) is 24.4 Å². The summed E-state index contributed by atoms with van der Waals surface area (Å²) >= 11 is 1.30. The van der Waals surface area contributed by atoms with Crippen LogP contribution in [0.5, 0.6) is 11.5 Å². The van der Waals surface area contributed by atoms with Crippen LogP contribution in [0.3, 0.4) is 0 Å². The lowest BCUT2D eigenvalue weighted by Gasteiger charge is -2.17. The number of ether oxygens (including phenoxy) is 2. The zero-order chi connectivity index (χ0) is 19.4. The molecule has 0 unspecified atom stereocenters. The number of nitrogens with one attached hydrogen (secondary N) is 1. The Balaban J connectivity index is 1.51. The van der Waals surface area contributed by atoms with Gasteiger partial charge in [0.1, 0.15) is 0 Å². The zero-order valence-corrected chi connectivity index (χ0v) is 16.5. The first-order valence-electron chi connectivity index (χ1n) is 8.78. The van der Waals surface area contributed by atoms with Gasteiger partial charge in [-0.1, -0.05) is 17.8 Å². The number of amides is 1. The lowest BCUT2D eigenvalue weighted by Crippen LogP contribution is -2.30. The number of thioether (sulfide) groups is 1. The van der Waals surface area contributed by atoms with Gasteiger partial charge in [-0.3, -0.25) is 9.36 Å². The van der Waals surface area contributed by atoms with Crippen LogP contribution in [-0.4, -0.2) is 59.1 Å². The molecule has 0 saturated heterocycles. The number of carbonyl (C=O) groups is 1. The Hall–Kier alpha value is -2.42. The molecule has 1 heterocycles. The van der Waals surface area contributed by atoms with Gasteiger partial charge < -0.3 is 14.4 Å². The maximum atomic E-state index is 12.4. The van der Waals surface area contributed by atoms with Gasteiger partial charge in [-0.15, -0.1) is 5.10 Å². The minimum Gasteiger partial charge on any atom is -0.493 e. The minimum atomic E-state index is -0.200. The second kappa shape index (κ2) is 8.51. The molecule has 0 radical (unpaired) electrons. The van der Waals surface area contributed by atoms with Gasteiger partial charge in [0.2, 0.25) is 5.91 Å². The molecule has 0 aliphatic heterocycles. The highest BCUT2D eigenvalue weighted by Crippen LogP contribution is 2.36. The van der Waals surface area contributed by atoms with E-state index in [0.29, 0.717) is 29.6 Å². The zero-order valence-electron chi connectivity index (χ0n) is 15.7. The Morgan fingerprint density at radius 2 is 2.07 bits per heavy atom. The van der Waals surface area contributed by atoms with Crippen LogP contribution in [0.4, 0.5) is 0 Å². The first-order chi connectivity index (χ1) is 13.0. The number of methoxy groups -OCH3 is 2. The molecule has 0 bridgehead atoms. The lowest BCUT2D eigenvalue weighted by molar-refractivity contribution is -0.127. The van der Waals surface area contributed by atoms with Crippen LogP contribution in [0, 0.1) is 0 Å². The molecule has 0 atom stereocenters. The summed E-state index contributed by atoms with van der Waals surface area (Å²) in [5, 5.41) is 7.08. The second-order valence-corrected chi connectivity index (χ2v) is 7.40. The van der Waals surface area contributed by atoms with Crippen molar-refractivity contribution in [2.45, 2.75) is 30.5 Å². The Kier molecular flexibility index (Phi) is 6.10. The number of H-pyrrole nitrogens is 1. The smallest absolute Gasteiger partial charge is 0.344 e. The molecule has 8 nitrogen and oxygen atoms in total. The molecule has 9 heteroatoms. The number of aromatic nitrogens is 3. The topological polar surface area (TPSA) is 89.5 Å². The van der Waals surface area contributed by atoms with E-state index in [0.717, 1.165) is 18.4 Å². The van der Waals surface area contributed by atoms with E-state index in [1.807, 2.05) is 18.2 Å². The van der Waals surface area contributed by atoms with E-state index in [4.69, 9.17) is 9.47 Å². The van der Waals surface area contributed by atoms with E-state index in [2.05, 4.69) is 10.2 Å². The van der Waals surface area contributed by atoms with E-state index in [9.17, 15) is 9.59 Å². The number of likely N-dealkylation sites (N-methyl/N-ethyl adjacent to an activating group) is 1. The Morgan fingerprint density at radius 1 is 1.33 bits per heavy atom. The van der Waals surface area contributed by atoms with Crippen molar-refractivity contribution in [3.63, 3.8) is 0 Å². The maximum absolute atomic E-state index is 12.4. The van der Waals surface area contributed by atoms with E-state index < -0.39 is 0 Å². The van der Waals surface area contributed by atoms with Crippen molar-refractivity contribution >= 4 is 17.7 Å². The standard InChI is InChI=1S/C18H24N4O4S/c1-21(9-8-12-4-7-14(25-2)15(10-12)26-3)16(23)11-27-18-20-19-17(24)22(18)13-5-6-13/h4,7,10,13H,5-6,8-9,11H2,1-3H3,(H,19,24). The highest BCUT2D eigenvalue weighted by Gasteiger charge is 2.28. The van der Waals surface area contributed by atoms with Gasteiger partial charge in [0.25, 0.3) is 0 Å². The molecule has 27 heavy (non-hydrogen) atoms. The fraction of sp³-hybridized carbons (Fsp3) is 0.500. The first-order valence-corrected chi connectivity index (χ1v) is 9.76. The van der Waals surface area contributed by atoms with Crippen molar-refractivity contribution in [3.05, 3.63) is 34.2 Å². The van der Waals surface area contributed by atoms with Crippen LogP contribution in [-0.2, 0) is 11.2 Å². The van der Waals surface area contributed by atoms with E-state index >= 15 is 0 Å². The fourth-order valence-corrected chi connectivity index (χ4v) is 3.70. The largest absolute Gasteiger partial charge is 0.493 e. The first kappa shape index (κ1) is 19.3. The lowest BCUT2D eigenvalue weighted by atomic mass is 10.1. The molecule has 1 amide bonds. The molecule has 1 saturated carbocycles. The molecule has 1 aliphatic rings. The van der Waals surface area contributed by atoms with Gasteiger partial charge in [-0.2, -0.15) is 0 Å². The third kappa shape index (κ3) is 4.65. The van der Waals surface area contributed by atoms with Gasteiger partial charge in [-0.05, 0) is 37.0 Å². The maximum Gasteiger partial charge on any atom is 0.344 e. The summed E-state index contributed by atoms with van der Waals surface area (Å²) in [7, 11) is 4.98. The van der Waals surface area contributed by atoms with Crippen LogP contribution in [0.2, 0.25) is 0 Å². The number of carbonyl (C=O) groups excluding carboxylic acids is 1. The van der Waals surface area contributed by atoms with Crippen molar-refractivity contribution in [2.75, 3.05) is 33.6 Å². The summed E-state index contributed by atoms with van der Waals surface area (Å²) in [5.41, 5.74) is 0.865. The van der Waals surface area contributed by atoms with Gasteiger partial charge in [0.15, 0.2) is 16.7 Å². The predicted octanol–water partition coefficient (Wildman–Crippen LogP) is 1.72. The van der Waals surface area contributed by atoms with Gasteiger partial charge in [-0.25, -0.2) is 9.89 Å². The molecule has 1 aliphatic carbocycles. The summed E-state index contributed by atoms with van der Waals surface area (Å²) in [6.45, 7) is 0.588. The number of hydrogen-bond donors (Lipinski definition) is 1. The predicted molar refractivity (Wildman–Crippen MR) is 103 cm³/mol. The summed E-state index contributed by atoms with van der Waals surface area (Å²) < 4.78 is 12.2. The van der Waals surface area contributed by atoms with Crippen molar-refractivity contribution in [2.24, 2.45) is 0 Å². The minimum absolute atomic E-state index is 0.00160. The quantitative estimate of drug-likeness (QED) is 0.654. The van der Waals surface area contributed by atoms with Crippen molar-refractivity contribution in [1.82, 2.24) is 19.7 Å². The number of nitrogens with zero attached hydrogens (tertiary/aromatic N) is 3. The summed E-state index contributed by atoms with van der Waals surface area (Å²) in [6, 6.07) is 5.98. The van der Waals surface area contributed by atoms with Gasteiger partial charge >= 0.3 is 5.69 Å². The summed E-state index contributed by atoms with van der Waals surface area (Å²) in [4.78, 5) is 25.9. The van der Waals surface area contributed by atoms with Crippen molar-refractivity contribution < 1.29 is 14.3 Å². The average Bonchev–Trinajstić information content (AvgIpc) is 3.46. The van der Waals surface area contributed by atoms with E-state index in [1.54, 1.807) is 30.7 Å². The van der Waals surface area contributed by atoms with Crippen LogP contribution < -0.4 is 15.2 Å². The molecular weight excluding hydrogens is 368 g/mol. The molecule has 0 spiro atoms. The molecule has 1 aromatic carbocycles. The SMILES string of the molecule is COc1ccc(CCN(C)C(=O)CSc2n[nH]c(=O)n2C2CC2)cc1OC. The molecule has 1 fully saturated rings. The van der Waals surface area contributed by atoms with Crippen LogP contribution in [0.15, 0.2) is 28.2 Å². The van der Waals surface area contributed by atoms with Gasteiger partial charge in [0.05, 0.1) is 20.0 Å². The third-order valence-electron chi connectivity index (χ3n) is 4.52. The monoisotopic (exact) mass is 392 g/mol. The Bertz CT molecular complexity index is 859. The highest BCUT2D eigenvalue weighted by molar-refractivity contribution is 7.99. The van der Waals surface area contributed by atoms with Crippen molar-refractivity contribution in [3.8, 4) is 11.5 Å². The van der Waals surface area contributed by atoms with E-state index in [-0.39, 0.29) is 23.4 Å². The van der Waals surface area contributed by atoms with Crippen LogP contribution in [0.25, 0.3) is 0 Å². The molecule has 2 aromatic rings. The molecule has 1 N–H and O–H groups in total. The molecular formula is C18H24N4O4S. The number of aromatic amines is 1. The molecule has 1 aromatic heterocycles. The third-order valence-corrected chi connectivity index (χ3v) is 5.46. The van der Waals surface area contributed by atoms with Gasteiger partial charge in [0, 0.05) is 19.6 Å². The number of benzene rings is 1.